The van der Waals surface area contributed by atoms with Crippen LogP contribution in [0.3, 0.4) is 0 Å². The molecule has 1 atom stereocenters. The highest BCUT2D eigenvalue weighted by molar-refractivity contribution is 7.09. The standard InChI is InChI=1S/C17H22N4OS.CH2O2/c1-20(2)12-3-4-13-14(9-12)19-23-16(13)17(22)18-15-10-21-7-5-11(15)6-8-21;2-1-3/h3-4,9,11,15H,5-8,10H2,1-2H3,(H,18,22);1H,(H,2,3)/t15-;/m1./s1. The summed E-state index contributed by atoms with van der Waals surface area (Å²) in [6.07, 6.45) is 2.42. The van der Waals surface area contributed by atoms with E-state index in [-0.39, 0.29) is 12.4 Å². The molecule has 2 bridgehead atoms. The predicted molar refractivity (Wildman–Crippen MR) is 103 cm³/mol. The van der Waals surface area contributed by atoms with Crippen LogP contribution in [0.5, 0.6) is 0 Å². The second kappa shape index (κ2) is 8.01. The van der Waals surface area contributed by atoms with Gasteiger partial charge in [-0.15, -0.1) is 0 Å². The lowest BCUT2D eigenvalue weighted by Crippen LogP contribution is -2.57. The number of carboxylic acid groups (broad SMARTS) is 1. The number of fused-ring (bicyclic) bond motifs is 4. The van der Waals surface area contributed by atoms with Gasteiger partial charge in [0.1, 0.15) is 4.88 Å². The van der Waals surface area contributed by atoms with Gasteiger partial charge < -0.3 is 20.2 Å². The van der Waals surface area contributed by atoms with Crippen LogP contribution in [0.4, 0.5) is 5.69 Å². The van der Waals surface area contributed by atoms with E-state index in [1.165, 1.54) is 37.5 Å². The van der Waals surface area contributed by atoms with Gasteiger partial charge in [0.25, 0.3) is 12.4 Å². The van der Waals surface area contributed by atoms with Crippen molar-refractivity contribution in [2.75, 3.05) is 38.6 Å². The third-order valence-electron chi connectivity index (χ3n) is 5.16. The van der Waals surface area contributed by atoms with Crippen molar-refractivity contribution in [2.45, 2.75) is 18.9 Å². The van der Waals surface area contributed by atoms with Crippen LogP contribution < -0.4 is 10.2 Å². The summed E-state index contributed by atoms with van der Waals surface area (Å²) < 4.78 is 4.47. The molecule has 0 unspecified atom stereocenters. The summed E-state index contributed by atoms with van der Waals surface area (Å²) in [5.41, 5.74) is 2.01. The normalized spacial score (nSPS) is 23.8. The Morgan fingerprint density at radius 2 is 2.08 bits per heavy atom. The van der Waals surface area contributed by atoms with Crippen LogP contribution in [0.2, 0.25) is 0 Å². The van der Waals surface area contributed by atoms with Crippen LogP contribution >= 0.6 is 11.5 Å². The van der Waals surface area contributed by atoms with Crippen molar-refractivity contribution in [3.8, 4) is 0 Å². The molecule has 1 aromatic heterocycles. The minimum Gasteiger partial charge on any atom is -0.483 e. The highest BCUT2D eigenvalue weighted by atomic mass is 32.1. The molecule has 8 heteroatoms. The number of hydrogen-bond acceptors (Lipinski definition) is 6. The van der Waals surface area contributed by atoms with Gasteiger partial charge in [-0.25, -0.2) is 0 Å². The molecule has 26 heavy (non-hydrogen) atoms. The van der Waals surface area contributed by atoms with Crippen LogP contribution in [-0.2, 0) is 4.79 Å². The molecule has 1 amide bonds. The average molecular weight is 376 g/mol. The van der Waals surface area contributed by atoms with Crippen LogP contribution in [0.15, 0.2) is 18.2 Å². The van der Waals surface area contributed by atoms with Crippen molar-refractivity contribution in [1.82, 2.24) is 14.6 Å². The number of piperidine rings is 3. The Bertz CT molecular complexity index is 784. The quantitative estimate of drug-likeness (QED) is 0.796. The highest BCUT2D eigenvalue weighted by Gasteiger charge is 2.35. The summed E-state index contributed by atoms with van der Waals surface area (Å²) in [4.78, 5) is 26.3. The van der Waals surface area contributed by atoms with Gasteiger partial charge in [-0.1, -0.05) is 0 Å². The first kappa shape index (κ1) is 18.6. The fourth-order valence-corrected chi connectivity index (χ4v) is 4.49. The zero-order valence-corrected chi connectivity index (χ0v) is 15.8. The van der Waals surface area contributed by atoms with Crippen LogP contribution in [0, 0.1) is 5.92 Å². The highest BCUT2D eigenvalue weighted by Crippen LogP contribution is 2.29. The fourth-order valence-electron chi connectivity index (χ4n) is 3.74. The zero-order chi connectivity index (χ0) is 18.7. The Morgan fingerprint density at radius 1 is 1.38 bits per heavy atom. The van der Waals surface area contributed by atoms with E-state index in [1.54, 1.807) is 0 Å². The van der Waals surface area contributed by atoms with E-state index in [1.807, 2.05) is 37.2 Å². The molecule has 2 aromatic rings. The molecular formula is C18H24N4O3S. The van der Waals surface area contributed by atoms with Gasteiger partial charge in [0.05, 0.1) is 5.52 Å². The van der Waals surface area contributed by atoms with Gasteiger partial charge in [0, 0.05) is 37.8 Å². The predicted octanol–water partition coefficient (Wildman–Crippen LogP) is 1.89. The van der Waals surface area contributed by atoms with Gasteiger partial charge in [0.15, 0.2) is 0 Å². The number of amides is 1. The van der Waals surface area contributed by atoms with Crippen molar-refractivity contribution in [1.29, 1.82) is 0 Å². The summed E-state index contributed by atoms with van der Waals surface area (Å²) in [7, 11) is 4.02. The Balaban J connectivity index is 0.000000613. The molecule has 4 heterocycles. The number of aromatic nitrogens is 1. The first-order chi connectivity index (χ1) is 12.5. The van der Waals surface area contributed by atoms with Crippen molar-refractivity contribution in [2.24, 2.45) is 5.92 Å². The third kappa shape index (κ3) is 3.81. The minimum absolute atomic E-state index is 0.0360. The van der Waals surface area contributed by atoms with Gasteiger partial charge in [-0.2, -0.15) is 4.37 Å². The summed E-state index contributed by atoms with van der Waals surface area (Å²) in [5, 5.41) is 11.1. The van der Waals surface area contributed by atoms with E-state index in [9.17, 15) is 4.79 Å². The first-order valence-corrected chi connectivity index (χ1v) is 9.48. The third-order valence-corrected chi connectivity index (χ3v) is 6.03. The summed E-state index contributed by atoms with van der Waals surface area (Å²) in [6, 6.07) is 6.39. The second-order valence-corrected chi connectivity index (χ2v) is 7.70. The molecule has 0 radical (unpaired) electrons. The number of benzene rings is 1. The lowest BCUT2D eigenvalue weighted by atomic mass is 9.84. The van der Waals surface area contributed by atoms with E-state index in [2.05, 4.69) is 14.6 Å². The van der Waals surface area contributed by atoms with Crippen LogP contribution in [0.25, 0.3) is 10.9 Å². The van der Waals surface area contributed by atoms with Crippen LogP contribution in [-0.4, -0.2) is 66.5 Å². The topological polar surface area (TPSA) is 85.8 Å². The molecule has 7 nitrogen and oxygen atoms in total. The van der Waals surface area contributed by atoms with E-state index < -0.39 is 0 Å². The van der Waals surface area contributed by atoms with Crippen molar-refractivity contribution >= 4 is 40.5 Å². The molecule has 5 rings (SSSR count). The number of rotatable bonds is 3. The van der Waals surface area contributed by atoms with E-state index in [4.69, 9.17) is 9.90 Å². The number of hydrogen-bond donors (Lipinski definition) is 2. The summed E-state index contributed by atoms with van der Waals surface area (Å²) in [5.74, 6) is 0.678. The average Bonchev–Trinajstić information content (AvgIpc) is 3.06. The molecule has 0 spiro atoms. The van der Waals surface area contributed by atoms with E-state index in [0.717, 1.165) is 28.0 Å². The monoisotopic (exact) mass is 376 g/mol. The van der Waals surface area contributed by atoms with Crippen molar-refractivity contribution in [3.63, 3.8) is 0 Å². The zero-order valence-electron chi connectivity index (χ0n) is 15.0. The molecule has 2 N–H and O–H groups in total. The fraction of sp³-hybridized carbons (Fsp3) is 0.500. The molecule has 1 aromatic carbocycles. The lowest BCUT2D eigenvalue weighted by molar-refractivity contribution is -0.122. The Morgan fingerprint density at radius 3 is 2.65 bits per heavy atom. The van der Waals surface area contributed by atoms with Gasteiger partial charge in [0.2, 0.25) is 0 Å². The largest absolute Gasteiger partial charge is 0.483 e. The molecule has 3 aliphatic heterocycles. The number of nitrogens with zero attached hydrogens (tertiary/aromatic N) is 3. The van der Waals surface area contributed by atoms with E-state index in [0.29, 0.717) is 12.0 Å². The van der Waals surface area contributed by atoms with Crippen molar-refractivity contribution in [3.05, 3.63) is 23.1 Å². The molecule has 3 aliphatic rings. The summed E-state index contributed by atoms with van der Waals surface area (Å²) in [6.45, 7) is 3.12. The molecule has 3 fully saturated rings. The molecule has 140 valence electrons. The molecule has 3 saturated heterocycles. The maximum absolute atomic E-state index is 12.7. The number of anilines is 1. The Kier molecular flexibility index (Phi) is 5.73. The number of nitrogens with one attached hydrogen (secondary N) is 1. The molecule has 0 aliphatic carbocycles. The first-order valence-electron chi connectivity index (χ1n) is 8.71. The Hall–Kier alpha value is -2.19. The smallest absolute Gasteiger partial charge is 0.290 e. The maximum atomic E-state index is 12.7. The lowest BCUT2D eigenvalue weighted by Gasteiger charge is -2.44. The van der Waals surface area contributed by atoms with Gasteiger partial charge in [-0.3, -0.25) is 9.59 Å². The van der Waals surface area contributed by atoms with Gasteiger partial charge in [-0.05, 0) is 61.6 Å². The summed E-state index contributed by atoms with van der Waals surface area (Å²) >= 11 is 1.31. The van der Waals surface area contributed by atoms with Gasteiger partial charge >= 0.3 is 0 Å². The second-order valence-electron chi connectivity index (χ2n) is 6.93. The SMILES string of the molecule is CN(C)c1ccc2c(C(=O)N[C@@H]3CN4CCC3CC4)snc2c1.O=CO. The minimum atomic E-state index is -0.250. The maximum Gasteiger partial charge on any atom is 0.290 e. The Labute approximate surface area is 156 Å². The van der Waals surface area contributed by atoms with Crippen molar-refractivity contribution < 1.29 is 14.7 Å². The molecule has 0 saturated carbocycles. The molecular weight excluding hydrogens is 352 g/mol. The number of carbonyl (C=O) groups is 2. The number of carbonyl (C=O) groups excluding carboxylic acids is 1. The van der Waals surface area contributed by atoms with E-state index >= 15 is 0 Å². The van der Waals surface area contributed by atoms with Crippen LogP contribution in [0.1, 0.15) is 22.5 Å².